The molecule has 1 saturated heterocycles. The van der Waals surface area contributed by atoms with Crippen LogP contribution in [-0.2, 0) is 41.9 Å². The molecule has 4 fully saturated rings. The second-order valence-electron chi connectivity index (χ2n) is 18.5. The zero-order valence-corrected chi connectivity index (χ0v) is 34.3. The van der Waals surface area contributed by atoms with Crippen molar-refractivity contribution in [2.75, 3.05) is 12.3 Å². The Morgan fingerprint density at radius 2 is 1.48 bits per heavy atom. The van der Waals surface area contributed by atoms with Gasteiger partial charge in [-0.25, -0.2) is 13.2 Å². The zero-order valence-electron chi connectivity index (χ0n) is 33.4. The molecule has 304 valence electrons. The molecule has 1 unspecified atom stereocenters. The third kappa shape index (κ3) is 9.30. The molecule has 5 atom stereocenters. The molecule has 56 heavy (non-hydrogen) atoms. The number of rotatable bonds is 15. The number of primary amides is 1. The molecule has 0 bridgehead atoms. The minimum Gasteiger partial charge on any atom is -0.363 e. The standard InChI is InChI=1S/C43H59N5O7S/c1-41(2,3)36(39(52)48-25-31-33(42(31,4)5)34(48)38(51)45-32(24-29-16-17-29)35(49)37(44)50)46-40(53)47-43(22-10-7-11-23-43)26-56(54,55)30-20-18-28(19-21-30)15-14-27-12-8-6-9-13-27/h6,8-9,12-13,18-21,29,31-34,36H,7,10-11,14-17,22-26H2,1-5H3,(H2,44,50)(H,45,51)(H2,46,47,53)/t31-,32?,33-,34-,36+/m0/s1. The van der Waals surface area contributed by atoms with Crippen LogP contribution in [0.15, 0.2) is 59.5 Å². The summed E-state index contributed by atoms with van der Waals surface area (Å²) in [6.45, 7) is 9.87. The van der Waals surface area contributed by atoms with E-state index in [1.165, 1.54) is 10.5 Å². The van der Waals surface area contributed by atoms with Gasteiger partial charge in [-0.15, -0.1) is 0 Å². The highest BCUT2D eigenvalue weighted by Crippen LogP contribution is 2.65. The van der Waals surface area contributed by atoms with E-state index in [0.717, 1.165) is 50.5 Å². The number of fused-ring (bicyclic) bond motifs is 1. The van der Waals surface area contributed by atoms with Gasteiger partial charge in [0.05, 0.1) is 22.2 Å². The summed E-state index contributed by atoms with van der Waals surface area (Å²) < 4.78 is 27.9. The minimum absolute atomic E-state index is 0.0408. The van der Waals surface area contributed by atoms with E-state index in [1.54, 1.807) is 12.1 Å². The lowest BCUT2D eigenvalue weighted by molar-refractivity contribution is -0.145. The van der Waals surface area contributed by atoms with Gasteiger partial charge >= 0.3 is 6.03 Å². The second-order valence-corrected chi connectivity index (χ2v) is 20.5. The van der Waals surface area contributed by atoms with E-state index in [9.17, 15) is 32.4 Å². The van der Waals surface area contributed by atoms with Crippen molar-refractivity contribution in [1.29, 1.82) is 0 Å². The van der Waals surface area contributed by atoms with Crippen LogP contribution in [0.2, 0.25) is 0 Å². The van der Waals surface area contributed by atoms with E-state index in [4.69, 9.17) is 5.73 Å². The second kappa shape index (κ2) is 15.9. The third-order valence-electron chi connectivity index (χ3n) is 12.8. The van der Waals surface area contributed by atoms with Gasteiger partial charge in [0, 0.05) is 6.54 Å². The molecule has 1 heterocycles. The Morgan fingerprint density at radius 3 is 2.05 bits per heavy atom. The molecule has 0 aromatic heterocycles. The topological polar surface area (TPSA) is 185 Å². The molecule has 5 N–H and O–H groups in total. The van der Waals surface area contributed by atoms with Gasteiger partial charge in [0.2, 0.25) is 17.6 Å². The highest BCUT2D eigenvalue weighted by Gasteiger charge is 2.70. The quantitative estimate of drug-likeness (QED) is 0.192. The molecule has 5 amide bonds. The number of aryl methyl sites for hydroxylation is 2. The van der Waals surface area contributed by atoms with Gasteiger partial charge in [0.1, 0.15) is 12.1 Å². The van der Waals surface area contributed by atoms with Gasteiger partial charge in [-0.05, 0) is 83.9 Å². The van der Waals surface area contributed by atoms with Gasteiger partial charge in [-0.1, -0.05) is 109 Å². The van der Waals surface area contributed by atoms with Gasteiger partial charge < -0.3 is 26.6 Å². The molecule has 3 aliphatic carbocycles. The minimum atomic E-state index is -3.80. The number of benzene rings is 2. The molecule has 4 aliphatic rings. The largest absolute Gasteiger partial charge is 0.363 e. The number of hydrogen-bond acceptors (Lipinski definition) is 7. The first-order valence-electron chi connectivity index (χ1n) is 20.2. The summed E-state index contributed by atoms with van der Waals surface area (Å²) in [4.78, 5) is 68.9. The molecule has 6 rings (SSSR count). The van der Waals surface area contributed by atoms with Crippen LogP contribution in [0.4, 0.5) is 4.79 Å². The smallest absolute Gasteiger partial charge is 0.315 e. The summed E-state index contributed by atoms with van der Waals surface area (Å²) in [7, 11) is -3.80. The lowest BCUT2D eigenvalue weighted by Gasteiger charge is -2.40. The monoisotopic (exact) mass is 789 g/mol. The van der Waals surface area contributed by atoms with E-state index >= 15 is 0 Å². The fraction of sp³-hybridized carbons (Fsp3) is 0.605. The molecule has 2 aromatic rings. The molecular formula is C43H59N5O7S. The number of piperidine rings is 1. The highest BCUT2D eigenvalue weighted by molar-refractivity contribution is 7.91. The summed E-state index contributed by atoms with van der Waals surface area (Å²) in [6, 6.07) is 13.4. The number of nitrogens with zero attached hydrogens (tertiary/aromatic N) is 1. The van der Waals surface area contributed by atoms with Crippen molar-refractivity contribution in [3.05, 3.63) is 65.7 Å². The normalized spacial score (nSPS) is 23.6. The van der Waals surface area contributed by atoms with Crippen molar-refractivity contribution >= 4 is 39.4 Å². The Balaban J connectivity index is 1.15. The highest BCUT2D eigenvalue weighted by atomic mass is 32.2. The first-order valence-corrected chi connectivity index (χ1v) is 21.9. The Morgan fingerprint density at radius 1 is 0.875 bits per heavy atom. The maximum absolute atomic E-state index is 14.5. The number of carbonyl (C=O) groups excluding carboxylic acids is 5. The van der Waals surface area contributed by atoms with Gasteiger partial charge in [0.15, 0.2) is 9.84 Å². The Bertz CT molecular complexity index is 1910. The van der Waals surface area contributed by atoms with Gasteiger partial charge in [-0.3, -0.25) is 19.2 Å². The number of nitrogens with one attached hydrogen (secondary N) is 3. The van der Waals surface area contributed by atoms with Crippen LogP contribution in [-0.4, -0.2) is 78.8 Å². The van der Waals surface area contributed by atoms with Crippen LogP contribution in [0, 0.1) is 28.6 Å². The summed E-state index contributed by atoms with van der Waals surface area (Å²) in [5, 5.41) is 8.71. The fourth-order valence-electron chi connectivity index (χ4n) is 9.16. The number of urea groups is 1. The van der Waals surface area contributed by atoms with Crippen molar-refractivity contribution in [3.63, 3.8) is 0 Å². The van der Waals surface area contributed by atoms with Crippen LogP contribution >= 0.6 is 0 Å². The van der Waals surface area contributed by atoms with Gasteiger partial charge in [-0.2, -0.15) is 0 Å². The number of ketones is 1. The van der Waals surface area contributed by atoms with Crippen LogP contribution in [0.5, 0.6) is 0 Å². The SMILES string of the molecule is CC(C)(C)[C@H](NC(=O)NC1(CS(=O)(=O)c2ccc(CCc3ccccc3)cc2)CCCCC1)C(=O)N1C[C@H]2[C@@H]([C@H]1C(=O)NC(CC1CC1)C(=O)C(N)=O)C2(C)C. The number of carbonyl (C=O) groups is 5. The maximum atomic E-state index is 14.5. The fourth-order valence-corrected chi connectivity index (χ4v) is 11.0. The third-order valence-corrected chi connectivity index (χ3v) is 14.7. The van der Waals surface area contributed by atoms with Crippen LogP contribution in [0.25, 0.3) is 0 Å². The number of hydrogen-bond donors (Lipinski definition) is 4. The van der Waals surface area contributed by atoms with Gasteiger partial charge in [0.25, 0.3) is 5.91 Å². The summed E-state index contributed by atoms with van der Waals surface area (Å²) in [6.07, 6.45) is 7.12. The van der Waals surface area contributed by atoms with Crippen molar-refractivity contribution < 1.29 is 32.4 Å². The molecule has 3 saturated carbocycles. The van der Waals surface area contributed by atoms with E-state index < -0.39 is 68.5 Å². The van der Waals surface area contributed by atoms with Crippen molar-refractivity contribution in [3.8, 4) is 0 Å². The lowest BCUT2D eigenvalue weighted by Crippen LogP contribution is -2.63. The van der Waals surface area contributed by atoms with E-state index in [0.29, 0.717) is 25.8 Å². The molecule has 0 spiro atoms. The molecular weight excluding hydrogens is 731 g/mol. The predicted molar refractivity (Wildman–Crippen MR) is 213 cm³/mol. The summed E-state index contributed by atoms with van der Waals surface area (Å²) >= 11 is 0. The Hall–Kier alpha value is -4.26. The molecule has 12 nitrogen and oxygen atoms in total. The summed E-state index contributed by atoms with van der Waals surface area (Å²) in [5.74, 6) is -3.09. The maximum Gasteiger partial charge on any atom is 0.315 e. The predicted octanol–water partition coefficient (Wildman–Crippen LogP) is 4.48. The first-order chi connectivity index (χ1) is 26.3. The average molecular weight is 790 g/mol. The molecule has 13 heteroatoms. The van der Waals surface area contributed by atoms with Crippen molar-refractivity contribution in [2.45, 2.75) is 127 Å². The van der Waals surface area contributed by atoms with Crippen LogP contribution < -0.4 is 21.7 Å². The van der Waals surface area contributed by atoms with Crippen molar-refractivity contribution in [1.82, 2.24) is 20.9 Å². The summed E-state index contributed by atoms with van der Waals surface area (Å²) in [5.41, 5.74) is 5.53. The number of likely N-dealkylation sites (tertiary alicyclic amines) is 1. The Kier molecular flexibility index (Phi) is 11.8. The van der Waals surface area contributed by atoms with Crippen LogP contribution in [0.1, 0.15) is 97.1 Å². The van der Waals surface area contributed by atoms with E-state index in [1.807, 2.05) is 65.0 Å². The molecule has 2 aromatic carbocycles. The molecule has 0 radical (unpaired) electrons. The zero-order chi connectivity index (χ0) is 40.6. The Labute approximate surface area is 331 Å². The lowest BCUT2D eigenvalue weighted by atomic mass is 9.83. The van der Waals surface area contributed by atoms with E-state index in [2.05, 4.69) is 28.1 Å². The molecule has 1 aliphatic heterocycles. The van der Waals surface area contributed by atoms with E-state index in [-0.39, 0.29) is 33.8 Å². The number of nitrogens with two attached hydrogens (primary N) is 1. The van der Waals surface area contributed by atoms with Crippen molar-refractivity contribution in [2.24, 2.45) is 34.3 Å². The number of amides is 5. The number of sulfone groups is 1. The first kappa shape index (κ1) is 41.4. The van der Waals surface area contributed by atoms with Crippen LogP contribution in [0.3, 0.4) is 0 Å². The average Bonchev–Trinajstić information content (AvgIpc) is 4.00. The number of Topliss-reactive ketones (excluding diaryl/α,β-unsaturated/α-hetero) is 1.